The average Bonchev–Trinajstić information content (AvgIpc) is 3.00. The van der Waals surface area contributed by atoms with Crippen molar-refractivity contribution in [3.63, 3.8) is 0 Å². The van der Waals surface area contributed by atoms with E-state index in [1.165, 1.54) is 68.8 Å². The van der Waals surface area contributed by atoms with Gasteiger partial charge < -0.3 is 19.7 Å². The summed E-state index contributed by atoms with van der Waals surface area (Å²) in [6.07, 6.45) is -5.97. The van der Waals surface area contributed by atoms with Gasteiger partial charge in [-0.15, -0.1) is 0 Å². The number of nitrogens with zero attached hydrogens (tertiary/aromatic N) is 1. The van der Waals surface area contributed by atoms with Gasteiger partial charge in [-0.2, -0.15) is 13.2 Å². The molecular weight excluding hydrogens is 611 g/mol. The number of benzene rings is 4. The zero-order chi connectivity index (χ0) is 33.5. The van der Waals surface area contributed by atoms with Gasteiger partial charge in [0.1, 0.15) is 23.2 Å². The third kappa shape index (κ3) is 5.83. The van der Waals surface area contributed by atoms with Crippen molar-refractivity contribution in [3.8, 4) is 11.1 Å². The molecule has 12 heteroatoms. The highest BCUT2D eigenvalue weighted by molar-refractivity contribution is 6.02. The van der Waals surface area contributed by atoms with E-state index in [1.807, 2.05) is 0 Å². The van der Waals surface area contributed by atoms with Gasteiger partial charge in [-0.1, -0.05) is 54.6 Å². The Kier molecular flexibility index (Phi) is 8.68. The van der Waals surface area contributed by atoms with Gasteiger partial charge in [0.25, 0.3) is 11.5 Å². The molecule has 0 aliphatic heterocycles. The molecule has 2 N–H and O–H groups in total. The monoisotopic (exact) mass is 638 g/mol. The van der Waals surface area contributed by atoms with Crippen LogP contribution in [0.4, 0.5) is 22.0 Å². The molecule has 5 rings (SSSR count). The van der Waals surface area contributed by atoms with E-state index in [0.717, 1.165) is 16.7 Å². The van der Waals surface area contributed by atoms with Gasteiger partial charge in [0, 0.05) is 26.0 Å². The van der Waals surface area contributed by atoms with Crippen LogP contribution in [0.1, 0.15) is 40.1 Å². The van der Waals surface area contributed by atoms with Crippen LogP contribution in [0.2, 0.25) is 0 Å². The van der Waals surface area contributed by atoms with Crippen molar-refractivity contribution in [2.45, 2.75) is 31.7 Å². The quantitative estimate of drug-likeness (QED) is 0.183. The lowest BCUT2D eigenvalue weighted by Crippen LogP contribution is -2.43. The van der Waals surface area contributed by atoms with Crippen LogP contribution in [0.25, 0.3) is 32.8 Å². The molecule has 238 valence electrons. The van der Waals surface area contributed by atoms with Crippen molar-refractivity contribution in [3.05, 3.63) is 117 Å². The van der Waals surface area contributed by atoms with Crippen LogP contribution in [-0.4, -0.2) is 34.7 Å². The Morgan fingerprint density at radius 3 is 2.17 bits per heavy atom. The number of halogens is 5. The number of carboxylic acid groups (broad SMARTS) is 1. The lowest BCUT2D eigenvalue weighted by atomic mass is 9.90. The molecule has 0 spiro atoms. The summed E-state index contributed by atoms with van der Waals surface area (Å²) < 4.78 is 79.6. The minimum Gasteiger partial charge on any atom is -0.480 e. The minimum absolute atomic E-state index is 0.0246. The molecule has 2 atom stereocenters. The first-order chi connectivity index (χ1) is 21.7. The Hall–Kier alpha value is -5.10. The summed E-state index contributed by atoms with van der Waals surface area (Å²) in [7, 11) is 2.72. The van der Waals surface area contributed by atoms with Crippen molar-refractivity contribution in [2.24, 2.45) is 7.05 Å². The van der Waals surface area contributed by atoms with Crippen LogP contribution in [0.5, 0.6) is 0 Å². The van der Waals surface area contributed by atoms with Crippen molar-refractivity contribution in [1.29, 1.82) is 0 Å². The normalized spacial score (nSPS) is 13.1. The maximum atomic E-state index is 14.8. The topological polar surface area (TPSA) is 97.6 Å². The molecule has 0 bridgehead atoms. The van der Waals surface area contributed by atoms with Gasteiger partial charge in [-0.05, 0) is 52.6 Å². The zero-order valence-electron chi connectivity index (χ0n) is 24.7. The fourth-order valence-electron chi connectivity index (χ4n) is 5.64. The van der Waals surface area contributed by atoms with Crippen LogP contribution in [0.3, 0.4) is 0 Å². The lowest BCUT2D eigenvalue weighted by molar-refractivity contribution is -0.139. The number of fused-ring (bicyclic) bond motifs is 2. The summed E-state index contributed by atoms with van der Waals surface area (Å²) in [5, 5.41) is 12.5. The van der Waals surface area contributed by atoms with Gasteiger partial charge in [0.15, 0.2) is 0 Å². The van der Waals surface area contributed by atoms with Gasteiger partial charge in [-0.3, -0.25) is 9.59 Å². The van der Waals surface area contributed by atoms with Crippen molar-refractivity contribution >= 4 is 33.6 Å². The van der Waals surface area contributed by atoms with Gasteiger partial charge in [0.2, 0.25) is 0 Å². The van der Waals surface area contributed by atoms with Crippen LogP contribution in [0.15, 0.2) is 77.6 Å². The Bertz CT molecular complexity index is 2050. The molecule has 46 heavy (non-hydrogen) atoms. The number of aliphatic carboxylic acids is 1. The van der Waals surface area contributed by atoms with Crippen molar-refractivity contribution in [1.82, 2.24) is 9.88 Å². The fraction of sp³-hybridized carbons (Fsp3) is 0.206. The van der Waals surface area contributed by atoms with E-state index >= 15 is 0 Å². The highest BCUT2D eigenvalue weighted by Gasteiger charge is 2.38. The molecule has 7 nitrogen and oxygen atoms in total. The number of hydrogen-bond donors (Lipinski definition) is 2. The third-order valence-electron chi connectivity index (χ3n) is 8.01. The maximum Gasteiger partial charge on any atom is 0.417 e. The number of alkyl halides is 3. The number of carboxylic acids is 1. The Balaban J connectivity index is 1.59. The molecule has 0 saturated heterocycles. The summed E-state index contributed by atoms with van der Waals surface area (Å²) in [6, 6.07) is 14.7. The molecule has 0 saturated carbocycles. The number of para-hydroxylation sites is 1. The first kappa shape index (κ1) is 32.3. The average molecular weight is 639 g/mol. The molecule has 1 aromatic heterocycles. The van der Waals surface area contributed by atoms with Gasteiger partial charge >= 0.3 is 12.1 Å². The standard InChI is InChI=1S/C34H27F5N2O5/c1-17(46-3)19-14-24(35)29(25(36)15-19)31(42)40-26(33(44)45)16-18-8-6-11-21-20(18)10-7-12-22(21)28-30(34(37,38)39)23-9-4-5-13-27(23)41(2)32(28)43/h4-15,17,26H,16H2,1-3H3,(H,40,42)(H,44,45)/t17-,26-/m0/s1. The van der Waals surface area contributed by atoms with Crippen LogP contribution < -0.4 is 10.9 Å². The number of pyridine rings is 1. The molecule has 0 fully saturated rings. The van der Waals surface area contributed by atoms with Crippen molar-refractivity contribution in [2.75, 3.05) is 7.11 Å². The SMILES string of the molecule is CO[C@@H](C)c1cc(F)c(C(=O)N[C@@H](Cc2cccc3c(-c4c(C(F)(F)F)c5ccccc5n(C)c4=O)cccc23)C(=O)O)c(F)c1. The second-order valence-electron chi connectivity index (χ2n) is 10.8. The molecule has 1 heterocycles. The first-order valence-electron chi connectivity index (χ1n) is 14.0. The van der Waals surface area contributed by atoms with E-state index in [9.17, 15) is 41.4 Å². The number of hydrogen-bond acceptors (Lipinski definition) is 4. The second kappa shape index (κ2) is 12.4. The number of carbonyl (C=O) groups excluding carboxylic acids is 1. The molecule has 0 aliphatic rings. The van der Waals surface area contributed by atoms with E-state index in [-0.39, 0.29) is 27.4 Å². The van der Waals surface area contributed by atoms with Crippen molar-refractivity contribution < 1.29 is 41.4 Å². The Labute approximate surface area is 258 Å². The summed E-state index contributed by atoms with van der Waals surface area (Å²) >= 11 is 0. The summed E-state index contributed by atoms with van der Waals surface area (Å²) in [5.41, 5.74) is -3.04. The van der Waals surface area contributed by atoms with E-state index in [4.69, 9.17) is 4.74 Å². The predicted octanol–water partition coefficient (Wildman–Crippen LogP) is 6.79. The number of nitrogens with one attached hydrogen (secondary N) is 1. The Morgan fingerprint density at radius 2 is 1.54 bits per heavy atom. The lowest BCUT2D eigenvalue weighted by Gasteiger charge is -2.20. The molecule has 4 aromatic carbocycles. The fourth-order valence-corrected chi connectivity index (χ4v) is 5.64. The molecule has 1 amide bonds. The van der Waals surface area contributed by atoms with E-state index in [0.29, 0.717) is 10.9 Å². The largest absolute Gasteiger partial charge is 0.480 e. The highest BCUT2D eigenvalue weighted by Crippen LogP contribution is 2.42. The number of amides is 1. The zero-order valence-corrected chi connectivity index (χ0v) is 24.7. The second-order valence-corrected chi connectivity index (χ2v) is 10.8. The number of methoxy groups -OCH3 is 1. The van der Waals surface area contributed by atoms with E-state index in [1.54, 1.807) is 13.0 Å². The first-order valence-corrected chi connectivity index (χ1v) is 14.0. The summed E-state index contributed by atoms with van der Waals surface area (Å²) in [5.74, 6) is -5.26. The number of aromatic nitrogens is 1. The molecule has 0 unspecified atom stereocenters. The van der Waals surface area contributed by atoms with Crippen LogP contribution in [-0.2, 0) is 29.2 Å². The van der Waals surface area contributed by atoms with Gasteiger partial charge in [0.05, 0.1) is 22.7 Å². The van der Waals surface area contributed by atoms with Crippen LogP contribution in [0, 0.1) is 11.6 Å². The Morgan fingerprint density at radius 1 is 0.935 bits per heavy atom. The van der Waals surface area contributed by atoms with E-state index < -0.39 is 70.5 Å². The smallest absolute Gasteiger partial charge is 0.417 e. The third-order valence-corrected chi connectivity index (χ3v) is 8.01. The predicted molar refractivity (Wildman–Crippen MR) is 162 cm³/mol. The maximum absolute atomic E-state index is 14.8. The number of carbonyl (C=O) groups is 2. The molecular formula is C34H27F5N2O5. The number of ether oxygens (including phenoxy) is 1. The molecule has 0 aliphatic carbocycles. The summed E-state index contributed by atoms with van der Waals surface area (Å²) in [6.45, 7) is 1.55. The molecule has 0 radical (unpaired) electrons. The number of rotatable bonds is 8. The van der Waals surface area contributed by atoms with E-state index in [2.05, 4.69) is 5.32 Å². The van der Waals surface area contributed by atoms with Gasteiger partial charge in [-0.25, -0.2) is 13.6 Å². The number of aryl methyl sites for hydroxylation is 1. The molecule has 5 aromatic rings. The summed E-state index contributed by atoms with van der Waals surface area (Å²) in [4.78, 5) is 38.6. The highest BCUT2D eigenvalue weighted by atomic mass is 19.4. The van der Waals surface area contributed by atoms with Crippen LogP contribution >= 0.6 is 0 Å². The minimum atomic E-state index is -4.90.